The zero-order valence-electron chi connectivity index (χ0n) is 11.0. The van der Waals surface area contributed by atoms with E-state index in [2.05, 4.69) is 44.8 Å². The molecule has 0 saturated heterocycles. The molecule has 104 valence electrons. The van der Waals surface area contributed by atoms with Crippen LogP contribution in [0, 0.1) is 5.92 Å². The van der Waals surface area contributed by atoms with E-state index in [0.717, 1.165) is 12.8 Å². The molecule has 1 rings (SSSR count). The van der Waals surface area contributed by atoms with Crippen LogP contribution in [0.2, 0.25) is 0 Å². The molecule has 0 bridgehead atoms. The molecule has 1 N–H and O–H groups in total. The summed E-state index contributed by atoms with van der Waals surface area (Å²) in [6.45, 7) is 6.09. The predicted octanol–water partition coefficient (Wildman–Crippen LogP) is 1.68. The number of hydrogen-bond donors (Lipinski definition) is 1. The Labute approximate surface area is 116 Å². The first kappa shape index (κ1) is 15.6. The molecule has 1 atom stereocenters. The molecule has 0 aliphatic rings. The summed E-state index contributed by atoms with van der Waals surface area (Å²) in [5.41, 5.74) is 0. The molecule has 0 aliphatic heterocycles. The number of rotatable bonds is 6. The quantitative estimate of drug-likeness (QED) is 0.855. The van der Waals surface area contributed by atoms with Gasteiger partial charge in [-0.1, -0.05) is 19.1 Å². The normalized spacial score (nSPS) is 14.1. The van der Waals surface area contributed by atoms with Crippen molar-refractivity contribution in [2.24, 2.45) is 13.0 Å². The summed E-state index contributed by atoms with van der Waals surface area (Å²) >= 11 is 3.09. The minimum absolute atomic E-state index is 0.0545. The summed E-state index contributed by atoms with van der Waals surface area (Å²) in [7, 11) is -2.04. The van der Waals surface area contributed by atoms with Crippen molar-refractivity contribution >= 4 is 26.0 Å². The Kier molecular flexibility index (Phi) is 5.30. The van der Waals surface area contributed by atoms with Crippen LogP contribution in [-0.4, -0.2) is 29.5 Å². The fourth-order valence-electron chi connectivity index (χ4n) is 1.57. The van der Waals surface area contributed by atoms with Crippen LogP contribution in [0.3, 0.4) is 0 Å². The molecule has 1 unspecified atom stereocenters. The van der Waals surface area contributed by atoms with Crippen molar-refractivity contribution < 1.29 is 8.42 Å². The second-order valence-corrected chi connectivity index (χ2v) is 7.18. The molecule has 1 aromatic rings. The number of nitrogens with one attached hydrogen (secondary N) is 1. The van der Waals surface area contributed by atoms with Gasteiger partial charge in [0.15, 0.2) is 4.60 Å². The van der Waals surface area contributed by atoms with Crippen molar-refractivity contribution in [1.29, 1.82) is 0 Å². The molecule has 0 radical (unpaired) electrons. The Morgan fingerprint density at radius 1 is 1.33 bits per heavy atom. The van der Waals surface area contributed by atoms with Crippen molar-refractivity contribution in [2.75, 3.05) is 0 Å². The molecule has 0 aliphatic carbocycles. The Hall–Kier alpha value is -0.470. The SMILES string of the molecule is CC(C)CCC(C)NS(=O)(=O)c1c(Br)nnn1C. The predicted molar refractivity (Wildman–Crippen MR) is 72.6 cm³/mol. The summed E-state index contributed by atoms with van der Waals surface area (Å²) < 4.78 is 28.4. The lowest BCUT2D eigenvalue weighted by Gasteiger charge is -2.15. The van der Waals surface area contributed by atoms with Crippen molar-refractivity contribution in [3.05, 3.63) is 4.60 Å². The molecule has 0 aromatic carbocycles. The molecule has 0 saturated carbocycles. The van der Waals surface area contributed by atoms with Gasteiger partial charge in [0.25, 0.3) is 10.0 Å². The molecule has 0 fully saturated rings. The zero-order chi connectivity index (χ0) is 13.9. The maximum atomic E-state index is 12.1. The van der Waals surface area contributed by atoms with Crippen LogP contribution in [0.1, 0.15) is 33.6 Å². The monoisotopic (exact) mass is 338 g/mol. The van der Waals surface area contributed by atoms with Gasteiger partial charge in [0.1, 0.15) is 0 Å². The maximum absolute atomic E-state index is 12.1. The van der Waals surface area contributed by atoms with Crippen LogP contribution >= 0.6 is 15.9 Å². The van der Waals surface area contributed by atoms with Gasteiger partial charge in [0.05, 0.1) is 0 Å². The Morgan fingerprint density at radius 3 is 2.39 bits per heavy atom. The van der Waals surface area contributed by atoms with Gasteiger partial charge in [0.2, 0.25) is 5.03 Å². The summed E-state index contributed by atoms with van der Waals surface area (Å²) in [6.07, 6.45) is 1.79. The minimum Gasteiger partial charge on any atom is -0.235 e. The van der Waals surface area contributed by atoms with Crippen molar-refractivity contribution in [2.45, 2.75) is 44.7 Å². The van der Waals surface area contributed by atoms with Gasteiger partial charge in [-0.2, -0.15) is 0 Å². The fourth-order valence-corrected chi connectivity index (χ4v) is 3.94. The fraction of sp³-hybridized carbons (Fsp3) is 0.800. The molecule has 1 aromatic heterocycles. The van der Waals surface area contributed by atoms with Crippen LogP contribution in [-0.2, 0) is 17.1 Å². The molecule has 8 heteroatoms. The number of halogens is 1. The van der Waals surface area contributed by atoms with E-state index >= 15 is 0 Å². The smallest absolute Gasteiger partial charge is 0.235 e. The first-order valence-corrected chi connectivity index (χ1v) is 8.09. The van der Waals surface area contributed by atoms with Crippen LogP contribution in [0.15, 0.2) is 9.63 Å². The van der Waals surface area contributed by atoms with Crippen molar-refractivity contribution in [1.82, 2.24) is 19.7 Å². The van der Waals surface area contributed by atoms with Crippen molar-refractivity contribution in [3.63, 3.8) is 0 Å². The summed E-state index contributed by atoms with van der Waals surface area (Å²) in [4.78, 5) is 0. The van der Waals surface area contributed by atoms with E-state index in [9.17, 15) is 8.42 Å². The van der Waals surface area contributed by atoms with E-state index < -0.39 is 10.0 Å². The number of aromatic nitrogens is 3. The third-order valence-corrected chi connectivity index (χ3v) is 5.00. The second kappa shape index (κ2) is 6.12. The Morgan fingerprint density at radius 2 is 1.94 bits per heavy atom. The van der Waals surface area contributed by atoms with E-state index in [1.165, 1.54) is 4.68 Å². The first-order chi connectivity index (χ1) is 8.24. The van der Waals surface area contributed by atoms with Gasteiger partial charge in [-0.25, -0.2) is 17.8 Å². The maximum Gasteiger partial charge on any atom is 0.260 e. The van der Waals surface area contributed by atoms with E-state index in [1.54, 1.807) is 7.05 Å². The van der Waals surface area contributed by atoms with E-state index in [4.69, 9.17) is 0 Å². The number of sulfonamides is 1. The van der Waals surface area contributed by atoms with Gasteiger partial charge < -0.3 is 0 Å². The average Bonchev–Trinajstić information content (AvgIpc) is 2.55. The average molecular weight is 339 g/mol. The highest BCUT2D eigenvalue weighted by Crippen LogP contribution is 2.18. The van der Waals surface area contributed by atoms with E-state index in [1.807, 2.05) is 6.92 Å². The van der Waals surface area contributed by atoms with Gasteiger partial charge in [-0.15, -0.1) is 5.10 Å². The molecule has 0 amide bonds. The van der Waals surface area contributed by atoms with Crippen LogP contribution in [0.25, 0.3) is 0 Å². The highest BCUT2D eigenvalue weighted by Gasteiger charge is 2.25. The van der Waals surface area contributed by atoms with Gasteiger partial charge in [-0.3, -0.25) is 0 Å². The Bertz CT molecular complexity index is 478. The van der Waals surface area contributed by atoms with Gasteiger partial charge >= 0.3 is 0 Å². The molecule has 0 spiro atoms. The summed E-state index contributed by atoms with van der Waals surface area (Å²) in [5, 5.41) is 7.39. The van der Waals surface area contributed by atoms with Crippen LogP contribution in [0.5, 0.6) is 0 Å². The molecular formula is C10H19BrN4O2S. The standard InChI is InChI=1S/C10H19BrN4O2S/c1-7(2)5-6-8(3)13-18(16,17)10-9(11)12-14-15(10)4/h7-8,13H,5-6H2,1-4H3. The number of aryl methyl sites for hydroxylation is 1. The number of nitrogens with zero attached hydrogens (tertiary/aromatic N) is 3. The lowest BCUT2D eigenvalue weighted by Crippen LogP contribution is -2.34. The Balaban J connectivity index is 2.77. The zero-order valence-corrected chi connectivity index (χ0v) is 13.4. The minimum atomic E-state index is -3.58. The third-order valence-electron chi connectivity index (χ3n) is 2.52. The van der Waals surface area contributed by atoms with E-state index in [0.29, 0.717) is 5.92 Å². The topological polar surface area (TPSA) is 76.9 Å². The largest absolute Gasteiger partial charge is 0.260 e. The third kappa shape index (κ3) is 4.03. The summed E-state index contributed by atoms with van der Waals surface area (Å²) in [6, 6.07) is -0.112. The highest BCUT2D eigenvalue weighted by molar-refractivity contribution is 9.10. The molecule has 1 heterocycles. The summed E-state index contributed by atoms with van der Waals surface area (Å²) in [5.74, 6) is 0.557. The lowest BCUT2D eigenvalue weighted by molar-refractivity contribution is 0.482. The second-order valence-electron chi connectivity index (χ2n) is 4.80. The molecule has 6 nitrogen and oxygen atoms in total. The molecule has 18 heavy (non-hydrogen) atoms. The van der Waals surface area contributed by atoms with Crippen molar-refractivity contribution in [3.8, 4) is 0 Å². The lowest BCUT2D eigenvalue weighted by atomic mass is 10.1. The van der Waals surface area contributed by atoms with Crippen LogP contribution < -0.4 is 4.72 Å². The van der Waals surface area contributed by atoms with Gasteiger partial charge in [-0.05, 0) is 41.6 Å². The highest BCUT2D eigenvalue weighted by atomic mass is 79.9. The van der Waals surface area contributed by atoms with Gasteiger partial charge in [0, 0.05) is 13.1 Å². The van der Waals surface area contributed by atoms with Crippen LogP contribution in [0.4, 0.5) is 0 Å². The first-order valence-electron chi connectivity index (χ1n) is 5.81. The molecular weight excluding hydrogens is 320 g/mol. The van der Waals surface area contributed by atoms with E-state index in [-0.39, 0.29) is 15.7 Å². The number of hydrogen-bond acceptors (Lipinski definition) is 4.